The van der Waals surface area contributed by atoms with Crippen LogP contribution >= 0.6 is 0 Å². The number of hydrogen-bond donors (Lipinski definition) is 5. The predicted octanol–water partition coefficient (Wildman–Crippen LogP) is 4.70. The second kappa shape index (κ2) is 24.1. The predicted molar refractivity (Wildman–Crippen MR) is 280 cm³/mol. The average molecular weight is 1050 g/mol. The number of aliphatic carboxylic acids is 1. The Hall–Kier alpha value is -9.07. The van der Waals surface area contributed by atoms with Crippen molar-refractivity contribution in [1.82, 2.24) is 26.7 Å². The molecule has 5 aromatic carbocycles. The van der Waals surface area contributed by atoms with Gasteiger partial charge in [-0.2, -0.15) is 5.10 Å². The number of carboxylic acid groups (broad SMARTS) is 1. The summed E-state index contributed by atoms with van der Waals surface area (Å²) >= 11 is 0. The fourth-order valence-corrected chi connectivity index (χ4v) is 10.7. The second-order valence-corrected chi connectivity index (χ2v) is 19.2. The molecule has 5 N–H and O–H groups in total. The fourth-order valence-electron chi connectivity index (χ4n) is 10.7. The quantitative estimate of drug-likeness (QED) is 0.0482. The zero-order valence-electron chi connectivity index (χ0n) is 42.1. The Bertz CT molecular complexity index is 3010. The van der Waals surface area contributed by atoms with E-state index in [-0.39, 0.29) is 54.2 Å². The number of hydrazone groups is 1. The maximum absolute atomic E-state index is 14.8. The number of carbonyl (C=O) groups is 8. The lowest BCUT2D eigenvalue weighted by Crippen LogP contribution is -2.55. The number of nitrogens with zero attached hydrogens (tertiary/aromatic N) is 3. The zero-order valence-corrected chi connectivity index (χ0v) is 42.1. The molecule has 20 nitrogen and oxygen atoms in total. The Morgan fingerprint density at radius 1 is 0.701 bits per heavy atom. The molecule has 0 radical (unpaired) electrons. The van der Waals surface area contributed by atoms with E-state index in [9.17, 15) is 43.5 Å². The van der Waals surface area contributed by atoms with Crippen molar-refractivity contribution in [2.24, 2.45) is 16.9 Å². The molecule has 5 aromatic rings. The lowest BCUT2D eigenvalue weighted by molar-refractivity contribution is -0.305. The van der Waals surface area contributed by atoms with Gasteiger partial charge in [0.1, 0.15) is 25.8 Å². The number of nitrogens with one attached hydrogen (secondary N) is 5. The van der Waals surface area contributed by atoms with Gasteiger partial charge in [0.15, 0.2) is 6.61 Å². The van der Waals surface area contributed by atoms with Crippen LogP contribution < -0.4 is 41.6 Å². The molecule has 0 unspecified atom stereocenters. The number of hydrogen-bond acceptors (Lipinski definition) is 13. The van der Waals surface area contributed by atoms with E-state index in [4.69, 9.17) is 14.2 Å². The topological polar surface area (TPSA) is 266 Å². The van der Waals surface area contributed by atoms with Crippen LogP contribution in [0.4, 0.5) is 25.8 Å². The van der Waals surface area contributed by atoms with Gasteiger partial charge in [-0.15, -0.1) is 0 Å². The van der Waals surface area contributed by atoms with Crippen LogP contribution in [0.1, 0.15) is 66.2 Å². The molecule has 0 bridgehead atoms. The Balaban J connectivity index is 0.884. The molecule has 1 heterocycles. The largest absolute Gasteiger partial charge is 0.550 e. The monoisotopic (exact) mass is 1050 g/mol. The molecule has 0 spiro atoms. The van der Waals surface area contributed by atoms with Crippen LogP contribution in [0.2, 0.25) is 0 Å². The summed E-state index contributed by atoms with van der Waals surface area (Å²) in [6.07, 6.45) is 0.977. The van der Waals surface area contributed by atoms with Gasteiger partial charge in [-0.3, -0.25) is 24.1 Å². The van der Waals surface area contributed by atoms with E-state index in [1.54, 1.807) is 19.2 Å². The summed E-state index contributed by atoms with van der Waals surface area (Å²) in [6, 6.07) is 33.6. The van der Waals surface area contributed by atoms with E-state index in [0.717, 1.165) is 73.4 Å². The lowest BCUT2D eigenvalue weighted by Gasteiger charge is -2.27. The van der Waals surface area contributed by atoms with Crippen molar-refractivity contribution >= 4 is 65.5 Å². The molecule has 4 aliphatic rings. The van der Waals surface area contributed by atoms with Crippen LogP contribution in [0.15, 0.2) is 126 Å². The summed E-state index contributed by atoms with van der Waals surface area (Å²) in [5, 5.41) is 26.2. The summed E-state index contributed by atoms with van der Waals surface area (Å²) in [5.41, 5.74) is 10.3. The highest BCUT2D eigenvalue weighted by Crippen LogP contribution is 2.46. The van der Waals surface area contributed by atoms with Crippen LogP contribution in [0.5, 0.6) is 0 Å². The summed E-state index contributed by atoms with van der Waals surface area (Å²) < 4.78 is 16.8. The van der Waals surface area contributed by atoms with Crippen molar-refractivity contribution in [3.8, 4) is 22.3 Å². The number of anilines is 2. The second-order valence-electron chi connectivity index (χ2n) is 19.2. The Morgan fingerprint density at radius 2 is 1.23 bits per heavy atom. The van der Waals surface area contributed by atoms with Gasteiger partial charge in [-0.1, -0.05) is 109 Å². The Labute approximate surface area is 443 Å². The highest BCUT2D eigenvalue weighted by Gasteiger charge is 2.39. The van der Waals surface area contributed by atoms with Gasteiger partial charge in [0.2, 0.25) is 11.8 Å². The Morgan fingerprint density at radius 3 is 1.79 bits per heavy atom. The van der Waals surface area contributed by atoms with Crippen molar-refractivity contribution in [3.63, 3.8) is 0 Å². The van der Waals surface area contributed by atoms with Crippen LogP contribution in [0.3, 0.4) is 0 Å². The molecule has 9 rings (SSSR count). The standard InChI is InChI=1S/C57H58N8O12/c1-58-53(70)35-24-22-34(23-25-35)27-59-55(72)63-60-28-36(26-52(68)69)61-50(66)30-65-49-21-11-10-20-48(49)64(51(67)33-77-57(74)76-32-46-43-18-8-4-14-39(43)40-15-5-9-19-44(40)46)29-47(54(65)71)62-56(73)75-31-45-41-16-6-2-12-37(41)38-13-3-7-17-42(38)45/h2-21,28,34-36,45-47H,22-27,29-33H2,1H3,(H,58,70)(H,61,66)(H,62,73)(H,68,69)(H2,59,63,72)/p-1/b60-28+/t34?,35?,36-,47-/m0/s1. The molecule has 1 aliphatic heterocycles. The van der Waals surface area contributed by atoms with Crippen LogP contribution in [0, 0.1) is 11.8 Å². The van der Waals surface area contributed by atoms with Gasteiger partial charge >= 0.3 is 18.3 Å². The van der Waals surface area contributed by atoms with Crippen molar-refractivity contribution < 1.29 is 57.7 Å². The Kier molecular flexibility index (Phi) is 16.5. The van der Waals surface area contributed by atoms with E-state index < -0.39 is 80.2 Å². The minimum absolute atomic E-state index is 0.00690. The third-order valence-corrected chi connectivity index (χ3v) is 14.4. The maximum atomic E-state index is 14.8. The van der Waals surface area contributed by atoms with Crippen molar-refractivity contribution in [1.29, 1.82) is 0 Å². The molecule has 398 valence electrons. The van der Waals surface area contributed by atoms with Gasteiger partial charge in [-0.25, -0.2) is 19.8 Å². The first-order valence-corrected chi connectivity index (χ1v) is 25.4. The minimum atomic E-state index is -1.56. The molecule has 2 atom stereocenters. The summed E-state index contributed by atoms with van der Waals surface area (Å²) in [7, 11) is 1.60. The normalized spacial score (nSPS) is 17.8. The molecule has 1 saturated carbocycles. The summed E-state index contributed by atoms with van der Waals surface area (Å²) in [5.74, 6) is -4.64. The molecule has 3 aliphatic carbocycles. The summed E-state index contributed by atoms with van der Waals surface area (Å²) in [6.45, 7) is -1.97. The highest BCUT2D eigenvalue weighted by atomic mass is 16.7. The maximum Gasteiger partial charge on any atom is 0.508 e. The van der Waals surface area contributed by atoms with Gasteiger partial charge in [0, 0.05) is 50.0 Å². The average Bonchev–Trinajstić information content (AvgIpc) is 3.95. The number of amides is 7. The molecule has 20 heteroatoms. The SMILES string of the molecule is CNC(=O)C1CCC(CNC(=O)N/N=C/[C@H](CC(=O)[O-])NC(=O)CN2C(=O)[C@@H](NC(=O)OCC3c4ccccc4-c4ccccc43)CN(C(=O)COC(=O)OCC3c4ccccc4-c4ccccc43)c3ccccc32)CC1. The number of ether oxygens (including phenoxy) is 3. The third-order valence-electron chi connectivity index (χ3n) is 14.4. The molecule has 0 aromatic heterocycles. The van der Waals surface area contributed by atoms with Crippen LogP contribution in [-0.4, -0.2) is 113 Å². The number of para-hydroxylation sites is 2. The van der Waals surface area contributed by atoms with E-state index in [2.05, 4.69) is 31.8 Å². The van der Waals surface area contributed by atoms with Crippen molar-refractivity contribution in [2.75, 3.05) is 56.3 Å². The molecule has 7 amide bonds. The molecule has 1 fully saturated rings. The number of carbonyl (C=O) groups excluding carboxylic acids is 8. The lowest BCUT2D eigenvalue weighted by atomic mass is 9.81. The van der Waals surface area contributed by atoms with Crippen LogP contribution in [0.25, 0.3) is 22.3 Å². The first kappa shape index (κ1) is 52.8. The van der Waals surface area contributed by atoms with E-state index in [1.807, 2.05) is 97.1 Å². The van der Waals surface area contributed by atoms with Gasteiger partial charge < -0.3 is 50.3 Å². The highest BCUT2D eigenvalue weighted by molar-refractivity contribution is 6.10. The first-order chi connectivity index (χ1) is 37.4. The number of fused-ring (bicyclic) bond motifs is 7. The number of benzene rings is 5. The van der Waals surface area contributed by atoms with E-state index in [1.165, 1.54) is 12.1 Å². The first-order valence-electron chi connectivity index (χ1n) is 25.4. The van der Waals surface area contributed by atoms with E-state index in [0.29, 0.717) is 19.4 Å². The van der Waals surface area contributed by atoms with E-state index >= 15 is 0 Å². The number of alkyl carbamates (subject to hydrolysis) is 1. The molecular formula is C57H57N8O12-. The van der Waals surface area contributed by atoms with Gasteiger partial charge in [0.25, 0.3) is 11.8 Å². The third kappa shape index (κ3) is 12.2. The molecule has 0 saturated heterocycles. The van der Waals surface area contributed by atoms with Gasteiger partial charge in [-0.05, 0) is 88.2 Å². The number of rotatable bonds is 17. The smallest absolute Gasteiger partial charge is 0.508 e. The zero-order chi connectivity index (χ0) is 54.0. The van der Waals surface area contributed by atoms with Crippen LogP contribution in [-0.2, 0) is 38.2 Å². The molecule has 77 heavy (non-hydrogen) atoms. The molecular weight excluding hydrogens is 989 g/mol. The summed E-state index contributed by atoms with van der Waals surface area (Å²) in [4.78, 5) is 109. The van der Waals surface area contributed by atoms with Crippen molar-refractivity contribution in [3.05, 3.63) is 144 Å². The number of urea groups is 1. The van der Waals surface area contributed by atoms with Gasteiger partial charge in [0.05, 0.1) is 24.0 Å². The fraction of sp³-hybridized carbons (Fsp3) is 0.316. The van der Waals surface area contributed by atoms with Crippen molar-refractivity contribution in [2.45, 2.75) is 56.0 Å². The number of carboxylic acids is 1. The minimum Gasteiger partial charge on any atom is -0.550 e.